The second-order valence-electron chi connectivity index (χ2n) is 4.53. The highest BCUT2D eigenvalue weighted by molar-refractivity contribution is 5.87. The molecule has 2 heterocycles. The fraction of sp³-hybridized carbons (Fsp3) is 0.286. The first-order valence-electron chi connectivity index (χ1n) is 6.33. The number of hydrogen-bond donors (Lipinski definition) is 1. The second-order valence-corrected chi connectivity index (χ2v) is 4.53. The Morgan fingerprint density at radius 2 is 2.15 bits per heavy atom. The number of para-hydroxylation sites is 1. The average Bonchev–Trinajstić information content (AvgIpc) is 2.67. The molecule has 2 aromatic rings. The third-order valence-electron chi connectivity index (χ3n) is 3.15. The molecule has 1 N–H and O–H groups in total. The van der Waals surface area contributed by atoms with Gasteiger partial charge >= 0.3 is 5.97 Å². The van der Waals surface area contributed by atoms with Gasteiger partial charge in [-0.2, -0.15) is 5.10 Å². The predicted octanol–water partition coefficient (Wildman–Crippen LogP) is 1.95. The Kier molecular flexibility index (Phi) is 3.06. The van der Waals surface area contributed by atoms with Crippen molar-refractivity contribution in [1.82, 2.24) is 9.78 Å². The largest absolute Gasteiger partial charge is 0.490 e. The number of fused-ring (bicyclic) bond motifs is 1. The van der Waals surface area contributed by atoms with Crippen LogP contribution in [-0.4, -0.2) is 34.1 Å². The molecule has 0 bridgehead atoms. The highest BCUT2D eigenvalue weighted by atomic mass is 16.5. The van der Waals surface area contributed by atoms with Crippen LogP contribution in [0.5, 0.6) is 11.5 Å². The van der Waals surface area contributed by atoms with Crippen LogP contribution in [-0.2, 0) is 7.05 Å². The molecule has 0 saturated carbocycles. The van der Waals surface area contributed by atoms with Crippen LogP contribution in [0.15, 0.2) is 24.3 Å². The fourth-order valence-corrected chi connectivity index (χ4v) is 2.22. The number of carboxylic acids is 1. The van der Waals surface area contributed by atoms with E-state index in [1.807, 2.05) is 18.2 Å². The van der Waals surface area contributed by atoms with Crippen molar-refractivity contribution >= 4 is 5.97 Å². The Labute approximate surface area is 115 Å². The molecule has 0 fully saturated rings. The smallest absolute Gasteiger partial charge is 0.356 e. The summed E-state index contributed by atoms with van der Waals surface area (Å²) >= 11 is 0. The Morgan fingerprint density at radius 3 is 2.90 bits per heavy atom. The molecule has 1 aromatic heterocycles. The highest BCUT2D eigenvalue weighted by Crippen LogP contribution is 2.39. The van der Waals surface area contributed by atoms with Gasteiger partial charge in [0.1, 0.15) is 0 Å². The Balaban J connectivity index is 2.13. The van der Waals surface area contributed by atoms with Crippen molar-refractivity contribution in [1.29, 1.82) is 0 Å². The van der Waals surface area contributed by atoms with Crippen LogP contribution in [0.1, 0.15) is 16.9 Å². The van der Waals surface area contributed by atoms with Crippen molar-refractivity contribution in [3.8, 4) is 22.8 Å². The maximum Gasteiger partial charge on any atom is 0.356 e. The van der Waals surface area contributed by atoms with Crippen molar-refractivity contribution in [3.05, 3.63) is 30.0 Å². The van der Waals surface area contributed by atoms with Gasteiger partial charge in [-0.3, -0.25) is 4.68 Å². The number of carbonyl (C=O) groups is 1. The third kappa shape index (κ3) is 2.09. The van der Waals surface area contributed by atoms with Gasteiger partial charge in [-0.1, -0.05) is 6.07 Å². The molecule has 1 aromatic carbocycles. The zero-order valence-corrected chi connectivity index (χ0v) is 11.0. The summed E-state index contributed by atoms with van der Waals surface area (Å²) in [5, 5.41) is 13.0. The minimum atomic E-state index is -1.05. The standard InChI is InChI=1S/C14H14N2O4/c1-16-11(8-10(15-16)14(17)18)9-4-2-5-12-13(9)20-7-3-6-19-12/h2,4-5,8H,3,6-7H2,1H3,(H,17,18). The summed E-state index contributed by atoms with van der Waals surface area (Å²) in [5.74, 6) is 0.272. The van der Waals surface area contributed by atoms with Gasteiger partial charge in [-0.05, 0) is 18.2 Å². The maximum absolute atomic E-state index is 11.0. The van der Waals surface area contributed by atoms with Gasteiger partial charge in [0, 0.05) is 19.0 Å². The number of hydrogen-bond acceptors (Lipinski definition) is 4. The van der Waals surface area contributed by atoms with E-state index in [9.17, 15) is 4.79 Å². The molecule has 1 aliphatic rings. The molecule has 1 aliphatic heterocycles. The van der Waals surface area contributed by atoms with E-state index >= 15 is 0 Å². The minimum Gasteiger partial charge on any atom is -0.490 e. The van der Waals surface area contributed by atoms with Crippen LogP contribution in [0.25, 0.3) is 11.3 Å². The van der Waals surface area contributed by atoms with Crippen LogP contribution in [0.3, 0.4) is 0 Å². The summed E-state index contributed by atoms with van der Waals surface area (Å²) < 4.78 is 12.9. The number of ether oxygens (including phenoxy) is 2. The van der Waals surface area contributed by atoms with Gasteiger partial charge in [-0.15, -0.1) is 0 Å². The molecule has 3 rings (SSSR count). The minimum absolute atomic E-state index is 0.00893. The van der Waals surface area contributed by atoms with Gasteiger partial charge < -0.3 is 14.6 Å². The molecule has 6 nitrogen and oxygen atoms in total. The van der Waals surface area contributed by atoms with Crippen molar-refractivity contribution in [2.24, 2.45) is 7.05 Å². The van der Waals surface area contributed by atoms with E-state index in [4.69, 9.17) is 14.6 Å². The van der Waals surface area contributed by atoms with E-state index in [1.54, 1.807) is 7.05 Å². The van der Waals surface area contributed by atoms with Gasteiger partial charge in [0.15, 0.2) is 17.2 Å². The topological polar surface area (TPSA) is 73.6 Å². The molecule has 20 heavy (non-hydrogen) atoms. The first-order chi connectivity index (χ1) is 9.66. The lowest BCUT2D eigenvalue weighted by atomic mass is 10.1. The van der Waals surface area contributed by atoms with E-state index < -0.39 is 5.97 Å². The summed E-state index contributed by atoms with van der Waals surface area (Å²) in [6, 6.07) is 7.11. The van der Waals surface area contributed by atoms with Gasteiger partial charge in [0.05, 0.1) is 18.9 Å². The van der Waals surface area contributed by atoms with E-state index in [0.29, 0.717) is 30.4 Å². The van der Waals surface area contributed by atoms with Crippen molar-refractivity contribution < 1.29 is 19.4 Å². The molecule has 0 spiro atoms. The molecule has 0 unspecified atom stereocenters. The van der Waals surface area contributed by atoms with Gasteiger partial charge in [0.25, 0.3) is 0 Å². The van der Waals surface area contributed by atoms with E-state index in [0.717, 1.165) is 12.0 Å². The molecule has 0 atom stereocenters. The molecule has 0 radical (unpaired) electrons. The highest BCUT2D eigenvalue weighted by Gasteiger charge is 2.20. The number of aromatic nitrogens is 2. The molecular formula is C14H14N2O4. The third-order valence-corrected chi connectivity index (χ3v) is 3.15. The lowest BCUT2D eigenvalue weighted by molar-refractivity contribution is 0.0689. The van der Waals surface area contributed by atoms with Crippen LogP contribution in [0.2, 0.25) is 0 Å². The Bertz CT molecular complexity index is 663. The lowest BCUT2D eigenvalue weighted by Gasteiger charge is -2.12. The number of aromatic carboxylic acids is 1. The summed E-state index contributed by atoms with van der Waals surface area (Å²) in [6.45, 7) is 1.19. The van der Waals surface area contributed by atoms with Crippen molar-refractivity contribution in [3.63, 3.8) is 0 Å². The molecule has 0 amide bonds. The maximum atomic E-state index is 11.0. The van der Waals surface area contributed by atoms with Gasteiger partial charge in [-0.25, -0.2) is 4.79 Å². The summed E-state index contributed by atoms with van der Waals surface area (Å²) in [5.41, 5.74) is 1.48. The van der Waals surface area contributed by atoms with Gasteiger partial charge in [0.2, 0.25) is 0 Å². The molecular weight excluding hydrogens is 260 g/mol. The summed E-state index contributed by atoms with van der Waals surface area (Å²) in [4.78, 5) is 11.0. The Morgan fingerprint density at radius 1 is 1.35 bits per heavy atom. The SMILES string of the molecule is Cn1nc(C(=O)O)cc1-c1cccc2c1OCCCO2. The van der Waals surface area contributed by atoms with Crippen LogP contribution in [0.4, 0.5) is 0 Å². The number of carboxylic acid groups (broad SMARTS) is 1. The zero-order chi connectivity index (χ0) is 14.1. The van der Waals surface area contributed by atoms with Crippen LogP contribution < -0.4 is 9.47 Å². The number of nitrogens with zero attached hydrogens (tertiary/aromatic N) is 2. The zero-order valence-electron chi connectivity index (χ0n) is 11.0. The molecule has 104 valence electrons. The average molecular weight is 274 g/mol. The Hall–Kier alpha value is -2.50. The fourth-order valence-electron chi connectivity index (χ4n) is 2.22. The second kappa shape index (κ2) is 4.88. The normalized spacial score (nSPS) is 13.8. The summed E-state index contributed by atoms with van der Waals surface area (Å²) in [7, 11) is 1.71. The lowest BCUT2D eigenvalue weighted by Crippen LogP contribution is -2.00. The molecule has 6 heteroatoms. The first kappa shape index (κ1) is 12.5. The van der Waals surface area contributed by atoms with Crippen molar-refractivity contribution in [2.45, 2.75) is 6.42 Å². The van der Waals surface area contributed by atoms with E-state index in [-0.39, 0.29) is 5.69 Å². The predicted molar refractivity (Wildman–Crippen MR) is 71.2 cm³/mol. The number of rotatable bonds is 2. The first-order valence-corrected chi connectivity index (χ1v) is 6.33. The van der Waals surface area contributed by atoms with Crippen LogP contribution >= 0.6 is 0 Å². The monoisotopic (exact) mass is 274 g/mol. The quantitative estimate of drug-likeness (QED) is 0.906. The van der Waals surface area contributed by atoms with Crippen molar-refractivity contribution in [2.75, 3.05) is 13.2 Å². The molecule has 0 aliphatic carbocycles. The van der Waals surface area contributed by atoms with E-state index in [1.165, 1.54) is 10.7 Å². The number of benzene rings is 1. The van der Waals surface area contributed by atoms with Crippen LogP contribution in [0, 0.1) is 0 Å². The number of aryl methyl sites for hydroxylation is 1. The van der Waals surface area contributed by atoms with E-state index in [2.05, 4.69) is 5.10 Å². The summed E-state index contributed by atoms with van der Waals surface area (Å²) in [6.07, 6.45) is 0.819. The molecule has 0 saturated heterocycles.